The molecule has 0 atom stereocenters. The highest BCUT2D eigenvalue weighted by Gasteiger charge is 1.93. The second-order valence-electron chi connectivity index (χ2n) is 3.70. The summed E-state index contributed by atoms with van der Waals surface area (Å²) >= 11 is 0. The van der Waals surface area contributed by atoms with Crippen molar-refractivity contribution in [3.05, 3.63) is 11.6 Å². The maximum absolute atomic E-state index is 4.50. The first-order valence-electron chi connectivity index (χ1n) is 5.92. The summed E-state index contributed by atoms with van der Waals surface area (Å²) in [4.78, 5) is 4.50. The maximum atomic E-state index is 4.50. The van der Waals surface area contributed by atoms with Crippen molar-refractivity contribution >= 4 is 5.71 Å². The fourth-order valence-corrected chi connectivity index (χ4v) is 1.40. The normalized spacial score (nSPS) is 13.4. The number of allylic oxidation sites excluding steroid dienone is 2. The van der Waals surface area contributed by atoms with Gasteiger partial charge in [-0.3, -0.25) is 4.99 Å². The molecule has 0 unspecified atom stereocenters. The molecule has 0 aromatic heterocycles. The summed E-state index contributed by atoms with van der Waals surface area (Å²) < 4.78 is 0. The van der Waals surface area contributed by atoms with Crippen LogP contribution in [0.15, 0.2) is 16.6 Å². The van der Waals surface area contributed by atoms with Gasteiger partial charge in [-0.25, -0.2) is 0 Å². The Morgan fingerprint density at radius 2 is 1.86 bits per heavy atom. The largest absolute Gasteiger partial charge is 0.294 e. The Balaban J connectivity index is 3.67. The van der Waals surface area contributed by atoms with E-state index in [1.54, 1.807) is 5.57 Å². The van der Waals surface area contributed by atoms with Crippen molar-refractivity contribution in [1.82, 2.24) is 0 Å². The molecular weight excluding hydrogens is 170 g/mol. The van der Waals surface area contributed by atoms with E-state index in [0.717, 1.165) is 13.0 Å². The first-order valence-corrected chi connectivity index (χ1v) is 5.92. The average molecular weight is 195 g/mol. The molecular formula is C13H25N. The van der Waals surface area contributed by atoms with Crippen LogP contribution < -0.4 is 0 Å². The summed E-state index contributed by atoms with van der Waals surface area (Å²) in [6, 6.07) is 0. The van der Waals surface area contributed by atoms with Crippen LogP contribution in [0.4, 0.5) is 0 Å². The lowest BCUT2D eigenvalue weighted by Crippen LogP contribution is -1.92. The third kappa shape index (κ3) is 6.88. The molecule has 0 aliphatic heterocycles. The van der Waals surface area contributed by atoms with Crippen LogP contribution in [-0.4, -0.2) is 12.3 Å². The van der Waals surface area contributed by atoms with Gasteiger partial charge in [0.2, 0.25) is 0 Å². The molecule has 0 aromatic carbocycles. The van der Waals surface area contributed by atoms with E-state index in [2.05, 4.69) is 38.8 Å². The van der Waals surface area contributed by atoms with E-state index in [1.165, 1.54) is 31.4 Å². The van der Waals surface area contributed by atoms with Crippen LogP contribution in [-0.2, 0) is 0 Å². The van der Waals surface area contributed by atoms with Crippen molar-refractivity contribution in [2.45, 2.75) is 59.8 Å². The molecule has 0 radical (unpaired) electrons. The van der Waals surface area contributed by atoms with Crippen molar-refractivity contribution in [1.29, 1.82) is 0 Å². The SMILES string of the molecule is CC/C=C(\CC)CCCN=C(C)CC. The molecule has 0 saturated heterocycles. The lowest BCUT2D eigenvalue weighted by atomic mass is 10.1. The van der Waals surface area contributed by atoms with Crippen molar-refractivity contribution in [2.24, 2.45) is 4.99 Å². The van der Waals surface area contributed by atoms with Gasteiger partial charge in [-0.1, -0.05) is 32.4 Å². The summed E-state index contributed by atoms with van der Waals surface area (Å²) in [5, 5.41) is 0. The van der Waals surface area contributed by atoms with E-state index in [0.29, 0.717) is 0 Å². The van der Waals surface area contributed by atoms with E-state index in [1.807, 2.05) is 0 Å². The van der Waals surface area contributed by atoms with Crippen molar-refractivity contribution in [3.63, 3.8) is 0 Å². The first kappa shape index (κ1) is 13.4. The van der Waals surface area contributed by atoms with Gasteiger partial charge in [-0.15, -0.1) is 0 Å². The highest BCUT2D eigenvalue weighted by atomic mass is 14.7. The molecule has 0 rings (SSSR count). The molecule has 0 saturated carbocycles. The second-order valence-corrected chi connectivity index (χ2v) is 3.70. The predicted molar refractivity (Wildman–Crippen MR) is 66.2 cm³/mol. The van der Waals surface area contributed by atoms with E-state index < -0.39 is 0 Å². The molecule has 0 spiro atoms. The third-order valence-electron chi connectivity index (χ3n) is 2.50. The second kappa shape index (κ2) is 8.98. The van der Waals surface area contributed by atoms with Gasteiger partial charge in [0, 0.05) is 12.3 Å². The molecule has 0 N–H and O–H groups in total. The molecule has 82 valence electrons. The number of hydrogen-bond donors (Lipinski definition) is 0. The van der Waals surface area contributed by atoms with Crippen molar-refractivity contribution in [2.75, 3.05) is 6.54 Å². The van der Waals surface area contributed by atoms with Crippen LogP contribution in [0.25, 0.3) is 0 Å². The van der Waals surface area contributed by atoms with Gasteiger partial charge in [0.05, 0.1) is 0 Å². The summed E-state index contributed by atoms with van der Waals surface area (Å²) in [7, 11) is 0. The van der Waals surface area contributed by atoms with Gasteiger partial charge in [0.1, 0.15) is 0 Å². The Bertz CT molecular complexity index is 189. The van der Waals surface area contributed by atoms with Gasteiger partial charge in [0.25, 0.3) is 0 Å². The van der Waals surface area contributed by atoms with Crippen molar-refractivity contribution < 1.29 is 0 Å². The van der Waals surface area contributed by atoms with Gasteiger partial charge in [0.15, 0.2) is 0 Å². The summed E-state index contributed by atoms with van der Waals surface area (Å²) in [5.74, 6) is 0. The molecule has 0 aromatic rings. The molecule has 0 aliphatic rings. The molecule has 0 amide bonds. The molecule has 1 heteroatoms. The summed E-state index contributed by atoms with van der Waals surface area (Å²) in [6.07, 6.45) is 8.24. The Labute approximate surface area is 89.3 Å². The van der Waals surface area contributed by atoms with Crippen LogP contribution in [0.2, 0.25) is 0 Å². The van der Waals surface area contributed by atoms with Crippen LogP contribution in [0.3, 0.4) is 0 Å². The zero-order valence-electron chi connectivity index (χ0n) is 10.3. The van der Waals surface area contributed by atoms with Crippen LogP contribution >= 0.6 is 0 Å². The monoisotopic (exact) mass is 195 g/mol. The molecule has 0 aliphatic carbocycles. The maximum Gasteiger partial charge on any atom is 0.0391 e. The minimum absolute atomic E-state index is 1.00. The summed E-state index contributed by atoms with van der Waals surface area (Å²) in [6.45, 7) is 9.72. The molecule has 1 nitrogen and oxygen atoms in total. The van der Waals surface area contributed by atoms with Gasteiger partial charge in [-0.2, -0.15) is 0 Å². The molecule has 0 fully saturated rings. The lowest BCUT2D eigenvalue weighted by Gasteiger charge is -2.02. The third-order valence-corrected chi connectivity index (χ3v) is 2.50. The molecule has 0 bridgehead atoms. The van der Waals surface area contributed by atoms with Gasteiger partial charge in [-0.05, 0) is 39.0 Å². The van der Waals surface area contributed by atoms with Crippen LogP contribution in [0.1, 0.15) is 59.8 Å². The standard InChI is InChI=1S/C13H25N/c1-5-9-13(7-3)10-8-11-14-12(4)6-2/h9H,5-8,10-11H2,1-4H3/b13-9+,14-12?. The Kier molecular flexibility index (Phi) is 8.61. The van der Waals surface area contributed by atoms with Crippen molar-refractivity contribution in [3.8, 4) is 0 Å². The summed E-state index contributed by atoms with van der Waals surface area (Å²) in [5.41, 5.74) is 2.87. The Morgan fingerprint density at radius 1 is 1.14 bits per heavy atom. The molecule has 14 heavy (non-hydrogen) atoms. The van der Waals surface area contributed by atoms with E-state index in [9.17, 15) is 0 Å². The number of aliphatic imine (C=N–C) groups is 1. The first-order chi connectivity index (χ1) is 6.74. The van der Waals surface area contributed by atoms with E-state index >= 15 is 0 Å². The number of hydrogen-bond acceptors (Lipinski definition) is 1. The van der Waals surface area contributed by atoms with Gasteiger partial charge >= 0.3 is 0 Å². The highest BCUT2D eigenvalue weighted by molar-refractivity contribution is 5.81. The Morgan fingerprint density at radius 3 is 2.36 bits per heavy atom. The minimum Gasteiger partial charge on any atom is -0.294 e. The predicted octanol–water partition coefficient (Wildman–Crippen LogP) is 4.38. The Hall–Kier alpha value is -0.590. The average Bonchev–Trinajstić information content (AvgIpc) is 2.22. The fourth-order valence-electron chi connectivity index (χ4n) is 1.40. The van der Waals surface area contributed by atoms with Gasteiger partial charge < -0.3 is 0 Å². The van der Waals surface area contributed by atoms with E-state index in [-0.39, 0.29) is 0 Å². The lowest BCUT2D eigenvalue weighted by molar-refractivity contribution is 0.790. The quantitative estimate of drug-likeness (QED) is 0.325. The van der Waals surface area contributed by atoms with Crippen LogP contribution in [0, 0.1) is 0 Å². The smallest absolute Gasteiger partial charge is 0.0391 e. The zero-order valence-corrected chi connectivity index (χ0v) is 10.3. The zero-order chi connectivity index (χ0) is 10.8. The topological polar surface area (TPSA) is 12.4 Å². The van der Waals surface area contributed by atoms with E-state index in [4.69, 9.17) is 0 Å². The number of rotatable bonds is 7. The minimum atomic E-state index is 1.00. The highest BCUT2D eigenvalue weighted by Crippen LogP contribution is 2.10. The molecule has 0 heterocycles. The fraction of sp³-hybridized carbons (Fsp3) is 0.769. The van der Waals surface area contributed by atoms with Crippen LogP contribution in [0.5, 0.6) is 0 Å². The number of nitrogens with zero attached hydrogens (tertiary/aromatic N) is 1.